The van der Waals surface area contributed by atoms with Crippen molar-refractivity contribution >= 4 is 33.3 Å². The van der Waals surface area contributed by atoms with Gasteiger partial charge in [-0.25, -0.2) is 12.2 Å². The zero-order chi connectivity index (χ0) is 18.4. The van der Waals surface area contributed by atoms with Gasteiger partial charge in [0.05, 0.1) is 5.52 Å². The van der Waals surface area contributed by atoms with Gasteiger partial charge < -0.3 is 4.57 Å². The first-order valence-corrected chi connectivity index (χ1v) is 9.41. The van der Waals surface area contributed by atoms with Crippen LogP contribution < -0.4 is 0 Å². The van der Waals surface area contributed by atoms with Crippen molar-refractivity contribution in [2.24, 2.45) is 0 Å². The first kappa shape index (κ1) is 21.5. The maximum Gasteiger partial charge on any atom is 2.00 e. The molecule has 0 unspecified atom stereocenters. The van der Waals surface area contributed by atoms with E-state index in [1.165, 1.54) is 39.4 Å². The number of para-hydroxylation sites is 1. The zero-order valence-corrected chi connectivity index (χ0v) is 18.8. The van der Waals surface area contributed by atoms with Crippen LogP contribution in [0.15, 0.2) is 85.0 Å². The molecule has 1 nitrogen and oxygen atoms in total. The van der Waals surface area contributed by atoms with Gasteiger partial charge in [0.2, 0.25) is 0 Å². The van der Waals surface area contributed by atoms with Crippen LogP contribution in [0.3, 0.4) is 0 Å². The van der Waals surface area contributed by atoms with Gasteiger partial charge >= 0.3 is 26.2 Å². The quantitative estimate of drug-likeness (QED) is 0.218. The Balaban J connectivity index is 0.000000282. The Bertz CT molecular complexity index is 1010. The van der Waals surface area contributed by atoms with Crippen molar-refractivity contribution in [2.45, 2.75) is 13.3 Å². The van der Waals surface area contributed by atoms with Crippen molar-refractivity contribution in [2.75, 3.05) is 6.38 Å². The van der Waals surface area contributed by atoms with Crippen LogP contribution >= 0.6 is 11.6 Å². The van der Waals surface area contributed by atoms with Gasteiger partial charge in [-0.05, 0) is 24.7 Å². The summed E-state index contributed by atoms with van der Waals surface area (Å²) in [4.78, 5) is 0. The van der Waals surface area contributed by atoms with E-state index in [1.807, 2.05) is 12.2 Å². The molecule has 0 saturated carbocycles. The first-order chi connectivity index (χ1) is 12.8. The third kappa shape index (κ3) is 4.95. The fourth-order valence-corrected chi connectivity index (χ4v) is 3.24. The number of alkyl halides is 1. The van der Waals surface area contributed by atoms with Crippen LogP contribution in [-0.2, 0) is 26.2 Å². The van der Waals surface area contributed by atoms with Crippen molar-refractivity contribution in [3.05, 3.63) is 96.7 Å². The fraction of sp³-hybridized carbons (Fsp3) is 0.125. The predicted octanol–water partition coefficient (Wildman–Crippen LogP) is 6.97. The number of hydrogen-bond donors (Lipinski definition) is 0. The summed E-state index contributed by atoms with van der Waals surface area (Å²) in [5.74, 6) is 0. The Hall–Kier alpha value is -1.76. The molecule has 0 aliphatic heterocycles. The van der Waals surface area contributed by atoms with Crippen LogP contribution in [0, 0.1) is 13.0 Å². The molecular weight excluding hydrogens is 429 g/mol. The van der Waals surface area contributed by atoms with E-state index in [9.17, 15) is 0 Å². The predicted molar refractivity (Wildman–Crippen MR) is 114 cm³/mol. The van der Waals surface area contributed by atoms with Crippen LogP contribution in [0.5, 0.6) is 0 Å². The largest absolute Gasteiger partial charge is 2.00 e. The maximum atomic E-state index is 4.64. The van der Waals surface area contributed by atoms with Gasteiger partial charge in [0.25, 0.3) is 0 Å². The number of aryl methyl sites for hydroxylation is 1. The van der Waals surface area contributed by atoms with Gasteiger partial charge in [-0.3, -0.25) is 6.08 Å². The first-order valence-electron chi connectivity index (χ1n) is 8.65. The summed E-state index contributed by atoms with van der Waals surface area (Å²) in [5.41, 5.74) is 3.80. The van der Waals surface area contributed by atoms with Crippen molar-refractivity contribution in [3.8, 4) is 5.69 Å². The Kier molecular flexibility index (Phi) is 8.41. The van der Waals surface area contributed by atoms with Crippen LogP contribution in [0.4, 0.5) is 0 Å². The molecule has 1 heterocycles. The van der Waals surface area contributed by atoms with Gasteiger partial charge in [0.1, 0.15) is 0 Å². The Morgan fingerprint density at radius 1 is 0.963 bits per heavy atom. The Morgan fingerprint density at radius 3 is 2.30 bits per heavy atom. The van der Waals surface area contributed by atoms with Crippen LogP contribution in [0.2, 0.25) is 0 Å². The second kappa shape index (κ2) is 10.5. The van der Waals surface area contributed by atoms with E-state index in [2.05, 4.69) is 102 Å². The maximum absolute atomic E-state index is 4.64. The van der Waals surface area contributed by atoms with Crippen LogP contribution in [-0.4, -0.2) is 11.0 Å². The van der Waals surface area contributed by atoms with Crippen molar-refractivity contribution < 1.29 is 26.2 Å². The molecular formula is C24H22ClNZr. The molecule has 1 aliphatic carbocycles. The van der Waals surface area contributed by atoms with E-state index in [-0.39, 0.29) is 26.2 Å². The van der Waals surface area contributed by atoms with E-state index in [1.54, 1.807) is 0 Å². The molecule has 0 saturated heterocycles. The monoisotopic (exact) mass is 449 g/mol. The molecule has 27 heavy (non-hydrogen) atoms. The zero-order valence-electron chi connectivity index (χ0n) is 15.6. The van der Waals surface area contributed by atoms with E-state index < -0.39 is 0 Å². The van der Waals surface area contributed by atoms with E-state index in [4.69, 9.17) is 0 Å². The van der Waals surface area contributed by atoms with E-state index >= 15 is 0 Å². The summed E-state index contributed by atoms with van der Waals surface area (Å²) in [7, 11) is 0. The number of halogens is 1. The number of allylic oxidation sites excluding steroid dienone is 4. The summed E-state index contributed by atoms with van der Waals surface area (Å²) < 4.78 is 2.33. The minimum atomic E-state index is 0. The second-order valence-corrected chi connectivity index (χ2v) is 6.03. The third-order valence-corrected chi connectivity index (χ3v) is 4.34. The summed E-state index contributed by atoms with van der Waals surface area (Å²) >= 11 is 4.64. The minimum absolute atomic E-state index is 0. The topological polar surface area (TPSA) is 4.93 Å². The summed E-state index contributed by atoms with van der Waals surface area (Å²) in [6.45, 7) is 2.16. The standard InChI is InChI=1S/C18H14N.C5H5.CH3Cl.Zr/c1-13-10-16-8-4-5-9-18(16)19(13)17-11-14-6-2-3-7-15(14)12-17;1-2-4-5-3-1;1-2;/h2-12H,1H3;1-3H,4H2;1H3;/q2*-1;;+2. The smallest absolute Gasteiger partial charge is 0.332 e. The third-order valence-electron chi connectivity index (χ3n) is 4.34. The van der Waals surface area contributed by atoms with E-state index in [0.717, 1.165) is 6.42 Å². The molecule has 0 N–H and O–H groups in total. The molecule has 3 heteroatoms. The SMILES string of the molecule is CCl.Cc1cc2ccccc2n1-c1cc2ccccc2[cH-]1.[C-]1=CC=CC1.[Zr+2]. The number of rotatable bonds is 1. The molecule has 134 valence electrons. The van der Waals surface area contributed by atoms with Crippen molar-refractivity contribution in [3.63, 3.8) is 0 Å². The van der Waals surface area contributed by atoms with Gasteiger partial charge in [-0.1, -0.05) is 24.3 Å². The van der Waals surface area contributed by atoms with Crippen LogP contribution in [0.25, 0.3) is 27.4 Å². The second-order valence-electron chi connectivity index (χ2n) is 6.03. The Morgan fingerprint density at radius 2 is 1.67 bits per heavy atom. The number of benzene rings is 2. The molecule has 0 atom stereocenters. The average molecular weight is 451 g/mol. The molecule has 0 amide bonds. The van der Waals surface area contributed by atoms with Crippen molar-refractivity contribution in [1.29, 1.82) is 0 Å². The van der Waals surface area contributed by atoms with Gasteiger partial charge in [-0.2, -0.15) is 6.08 Å². The summed E-state index contributed by atoms with van der Waals surface area (Å²) in [5, 5.41) is 3.90. The summed E-state index contributed by atoms with van der Waals surface area (Å²) in [6, 6.07) is 23.8. The fourth-order valence-electron chi connectivity index (χ4n) is 3.24. The normalized spacial score (nSPS) is 11.5. The number of hydrogen-bond acceptors (Lipinski definition) is 0. The molecule has 5 rings (SSSR count). The van der Waals surface area contributed by atoms with Gasteiger partial charge in [0.15, 0.2) is 0 Å². The van der Waals surface area contributed by atoms with Gasteiger partial charge in [-0.15, -0.1) is 59.1 Å². The average Bonchev–Trinajstić information content (AvgIpc) is 3.42. The molecule has 0 fully saturated rings. The molecule has 1 aromatic heterocycles. The Labute approximate surface area is 185 Å². The van der Waals surface area contributed by atoms with Crippen LogP contribution in [0.1, 0.15) is 12.1 Å². The molecule has 4 aromatic rings. The molecule has 3 aromatic carbocycles. The van der Waals surface area contributed by atoms with E-state index in [0.29, 0.717) is 0 Å². The number of nitrogens with zero attached hydrogens (tertiary/aromatic N) is 1. The summed E-state index contributed by atoms with van der Waals surface area (Å²) in [6.07, 6.45) is 11.5. The number of fused-ring (bicyclic) bond motifs is 2. The van der Waals surface area contributed by atoms with Gasteiger partial charge in [0, 0.05) is 17.5 Å². The molecule has 1 aliphatic rings. The molecule has 0 radical (unpaired) electrons. The molecule has 0 bridgehead atoms. The minimum Gasteiger partial charge on any atom is -0.332 e. The number of aromatic nitrogens is 1. The van der Waals surface area contributed by atoms with Crippen molar-refractivity contribution in [1.82, 2.24) is 4.57 Å². The molecule has 0 spiro atoms.